The number of carbonyl (C=O) groups excluding carboxylic acids is 2. The average Bonchev–Trinajstić information content (AvgIpc) is 2.60. The number of hydrogen-bond donors (Lipinski definition) is 2. The van der Waals surface area contributed by atoms with Crippen LogP contribution in [0, 0.1) is 0 Å². The summed E-state index contributed by atoms with van der Waals surface area (Å²) in [5.74, 6) is -0.635. The molecule has 1 aromatic carbocycles. The van der Waals surface area contributed by atoms with Crippen molar-refractivity contribution in [2.75, 3.05) is 6.54 Å². The van der Waals surface area contributed by atoms with Crippen LogP contribution in [0.1, 0.15) is 40.5 Å². The van der Waals surface area contributed by atoms with E-state index in [9.17, 15) is 9.59 Å². The second-order valence-electron chi connectivity index (χ2n) is 5.75. The number of halogens is 1. The number of carbonyl (C=O) groups is 2. The molecule has 1 atom stereocenters. The number of pyridine rings is 1. The van der Waals surface area contributed by atoms with Crippen LogP contribution >= 0.6 is 11.6 Å². The van der Waals surface area contributed by atoms with Crippen molar-refractivity contribution in [2.45, 2.75) is 25.3 Å². The summed E-state index contributed by atoms with van der Waals surface area (Å²) in [6.07, 6.45) is 4.45. The van der Waals surface area contributed by atoms with Gasteiger partial charge in [0.1, 0.15) is 5.69 Å². The van der Waals surface area contributed by atoms with Crippen molar-refractivity contribution >= 4 is 23.4 Å². The molecule has 6 heteroatoms. The predicted molar refractivity (Wildman–Crippen MR) is 91.8 cm³/mol. The van der Waals surface area contributed by atoms with Crippen LogP contribution in [-0.4, -0.2) is 23.3 Å². The Hall–Kier alpha value is -2.40. The van der Waals surface area contributed by atoms with Crippen LogP contribution in [-0.2, 0) is 11.2 Å². The zero-order valence-corrected chi connectivity index (χ0v) is 13.8. The van der Waals surface area contributed by atoms with Crippen molar-refractivity contribution in [3.05, 3.63) is 64.4 Å². The van der Waals surface area contributed by atoms with E-state index in [4.69, 9.17) is 11.6 Å². The molecular formula is C18H18ClN3O2. The second kappa shape index (κ2) is 7.45. The molecular weight excluding hydrogens is 326 g/mol. The van der Waals surface area contributed by atoms with E-state index in [1.54, 1.807) is 6.07 Å². The molecule has 0 radical (unpaired) electrons. The van der Waals surface area contributed by atoms with Crippen molar-refractivity contribution < 1.29 is 9.59 Å². The highest BCUT2D eigenvalue weighted by molar-refractivity contribution is 6.30. The molecule has 1 unspecified atom stereocenters. The van der Waals surface area contributed by atoms with Gasteiger partial charge in [-0.15, -0.1) is 0 Å². The Balaban J connectivity index is 1.56. The van der Waals surface area contributed by atoms with Crippen molar-refractivity contribution in [3.8, 4) is 0 Å². The van der Waals surface area contributed by atoms with Gasteiger partial charge in [-0.3, -0.25) is 14.6 Å². The summed E-state index contributed by atoms with van der Waals surface area (Å²) in [6.45, 7) is -0.0916. The Morgan fingerprint density at radius 2 is 2.08 bits per heavy atom. The summed E-state index contributed by atoms with van der Waals surface area (Å²) >= 11 is 5.83. The number of nitrogens with zero attached hydrogens (tertiary/aromatic N) is 1. The monoisotopic (exact) mass is 343 g/mol. The minimum atomic E-state index is -0.420. The summed E-state index contributed by atoms with van der Waals surface area (Å²) in [7, 11) is 0. The van der Waals surface area contributed by atoms with Gasteiger partial charge in [0.05, 0.1) is 12.6 Å². The molecule has 2 aromatic rings. The molecule has 3 rings (SSSR count). The van der Waals surface area contributed by atoms with Crippen molar-refractivity contribution in [2.24, 2.45) is 0 Å². The first kappa shape index (κ1) is 16.5. The minimum absolute atomic E-state index is 0.00338. The van der Waals surface area contributed by atoms with Crippen LogP contribution in [0.5, 0.6) is 0 Å². The quantitative estimate of drug-likeness (QED) is 0.896. The van der Waals surface area contributed by atoms with E-state index in [1.165, 1.54) is 23.4 Å². The van der Waals surface area contributed by atoms with Gasteiger partial charge in [-0.1, -0.05) is 35.9 Å². The molecule has 0 fully saturated rings. The number of benzene rings is 1. The van der Waals surface area contributed by atoms with Crippen LogP contribution in [0.2, 0.25) is 5.02 Å². The lowest BCUT2D eigenvalue weighted by Crippen LogP contribution is -2.39. The zero-order valence-electron chi connectivity index (χ0n) is 13.1. The Morgan fingerprint density at radius 3 is 2.92 bits per heavy atom. The molecule has 2 N–H and O–H groups in total. The molecule has 24 heavy (non-hydrogen) atoms. The molecule has 0 spiro atoms. The maximum absolute atomic E-state index is 12.2. The van der Waals surface area contributed by atoms with Crippen molar-refractivity contribution in [1.82, 2.24) is 15.6 Å². The van der Waals surface area contributed by atoms with E-state index in [2.05, 4.69) is 21.7 Å². The third-order valence-corrected chi connectivity index (χ3v) is 4.30. The fourth-order valence-electron chi connectivity index (χ4n) is 2.93. The highest BCUT2D eigenvalue weighted by Crippen LogP contribution is 2.29. The standard InChI is InChI=1S/C18H18ClN3O2/c19-13-8-9-20-16(10-13)18(24)21-11-17(23)22-15-7-3-5-12-4-1-2-6-14(12)15/h1-2,4,6,8-10,15H,3,5,7,11H2,(H,21,24)(H,22,23). The first-order chi connectivity index (χ1) is 11.6. The van der Waals surface area contributed by atoms with E-state index in [1.807, 2.05) is 18.2 Å². The second-order valence-corrected chi connectivity index (χ2v) is 6.19. The van der Waals surface area contributed by atoms with Crippen LogP contribution in [0.15, 0.2) is 42.6 Å². The SMILES string of the molecule is O=C(CNC(=O)c1cc(Cl)ccn1)NC1CCCc2ccccc21. The van der Waals surface area contributed by atoms with Crippen LogP contribution in [0.25, 0.3) is 0 Å². The predicted octanol–water partition coefficient (Wildman–Crippen LogP) is 2.66. The first-order valence-corrected chi connectivity index (χ1v) is 8.28. The number of fused-ring (bicyclic) bond motifs is 1. The van der Waals surface area contributed by atoms with Crippen LogP contribution in [0.3, 0.4) is 0 Å². The minimum Gasteiger partial charge on any atom is -0.348 e. The molecule has 1 aliphatic carbocycles. The molecule has 124 valence electrons. The summed E-state index contributed by atoms with van der Waals surface area (Å²) < 4.78 is 0. The number of rotatable bonds is 4. The van der Waals surface area contributed by atoms with Gasteiger partial charge in [0, 0.05) is 11.2 Å². The Kier molecular flexibility index (Phi) is 5.11. The van der Waals surface area contributed by atoms with Crippen molar-refractivity contribution in [1.29, 1.82) is 0 Å². The zero-order chi connectivity index (χ0) is 16.9. The highest BCUT2D eigenvalue weighted by Gasteiger charge is 2.21. The number of hydrogen-bond acceptors (Lipinski definition) is 3. The lowest BCUT2D eigenvalue weighted by atomic mass is 9.88. The molecule has 0 saturated heterocycles. The Labute approximate surface area is 145 Å². The van der Waals surface area contributed by atoms with E-state index in [0.717, 1.165) is 19.3 Å². The van der Waals surface area contributed by atoms with Gasteiger partial charge in [-0.25, -0.2) is 0 Å². The van der Waals surface area contributed by atoms with E-state index in [0.29, 0.717) is 5.02 Å². The third-order valence-electron chi connectivity index (χ3n) is 4.07. The van der Waals surface area contributed by atoms with Gasteiger partial charge in [-0.05, 0) is 42.5 Å². The third kappa shape index (κ3) is 3.92. The number of nitrogens with one attached hydrogen (secondary N) is 2. The van der Waals surface area contributed by atoms with E-state index >= 15 is 0 Å². The van der Waals surface area contributed by atoms with Gasteiger partial charge in [0.2, 0.25) is 5.91 Å². The molecule has 1 aromatic heterocycles. The number of amides is 2. The van der Waals surface area contributed by atoms with Crippen LogP contribution in [0.4, 0.5) is 0 Å². The smallest absolute Gasteiger partial charge is 0.270 e. The molecule has 0 bridgehead atoms. The fourth-order valence-corrected chi connectivity index (χ4v) is 3.09. The summed E-state index contributed by atoms with van der Waals surface area (Å²) in [6, 6.07) is 11.2. The molecule has 2 amide bonds. The molecule has 1 heterocycles. The largest absolute Gasteiger partial charge is 0.348 e. The first-order valence-electron chi connectivity index (χ1n) is 7.90. The molecule has 1 aliphatic rings. The van der Waals surface area contributed by atoms with E-state index < -0.39 is 5.91 Å². The highest BCUT2D eigenvalue weighted by atomic mass is 35.5. The van der Waals surface area contributed by atoms with Gasteiger partial charge in [0.15, 0.2) is 0 Å². The van der Waals surface area contributed by atoms with Crippen LogP contribution < -0.4 is 10.6 Å². The fraction of sp³-hybridized carbons (Fsp3) is 0.278. The van der Waals surface area contributed by atoms with E-state index in [-0.39, 0.29) is 24.2 Å². The summed E-state index contributed by atoms with van der Waals surface area (Å²) in [4.78, 5) is 28.1. The molecule has 0 aliphatic heterocycles. The normalized spacial score (nSPS) is 16.1. The Bertz CT molecular complexity index is 763. The maximum Gasteiger partial charge on any atom is 0.270 e. The maximum atomic E-state index is 12.2. The van der Waals surface area contributed by atoms with Crippen molar-refractivity contribution in [3.63, 3.8) is 0 Å². The summed E-state index contributed by atoms with van der Waals surface area (Å²) in [5.41, 5.74) is 2.64. The Morgan fingerprint density at radius 1 is 1.25 bits per heavy atom. The van der Waals surface area contributed by atoms with Gasteiger partial charge >= 0.3 is 0 Å². The topological polar surface area (TPSA) is 71.1 Å². The van der Waals surface area contributed by atoms with Gasteiger partial charge < -0.3 is 10.6 Å². The van der Waals surface area contributed by atoms with Gasteiger partial charge in [0.25, 0.3) is 5.91 Å². The molecule has 0 saturated carbocycles. The molecule has 5 nitrogen and oxygen atoms in total. The summed E-state index contributed by atoms with van der Waals surface area (Å²) in [5, 5.41) is 5.99. The van der Waals surface area contributed by atoms with Gasteiger partial charge in [-0.2, -0.15) is 0 Å². The number of aromatic nitrogens is 1. The average molecular weight is 344 g/mol. The lowest BCUT2D eigenvalue weighted by molar-refractivity contribution is -0.121. The lowest BCUT2D eigenvalue weighted by Gasteiger charge is -2.26. The number of aryl methyl sites for hydroxylation is 1.